The van der Waals surface area contributed by atoms with Gasteiger partial charge in [0.25, 0.3) is 5.79 Å². The second-order valence-electron chi connectivity index (χ2n) is 7.54. The number of nitrogens with one attached hydrogen (secondary N) is 1. The van der Waals surface area contributed by atoms with Gasteiger partial charge in [-0.1, -0.05) is 30.8 Å². The van der Waals surface area contributed by atoms with E-state index in [4.69, 9.17) is 10.5 Å². The Labute approximate surface area is 160 Å². The van der Waals surface area contributed by atoms with Gasteiger partial charge < -0.3 is 20.7 Å². The number of rotatable bonds is 3. The Morgan fingerprint density at radius 2 is 2.00 bits per heavy atom. The maximum absolute atomic E-state index is 13.4. The first kappa shape index (κ1) is 16.8. The van der Waals surface area contributed by atoms with Crippen molar-refractivity contribution < 1.29 is 24.5 Å². The van der Waals surface area contributed by atoms with Crippen molar-refractivity contribution in [1.82, 2.24) is 5.32 Å². The van der Waals surface area contributed by atoms with Crippen LogP contribution in [0.5, 0.6) is 5.75 Å². The number of carbonyl (C=O) groups excluding carboxylic acids is 1. The molecule has 5 rings (SSSR count). The molecule has 1 saturated carbocycles. The molecule has 7 nitrogen and oxygen atoms in total. The maximum atomic E-state index is 13.4. The van der Waals surface area contributed by atoms with Crippen LogP contribution in [0.1, 0.15) is 39.9 Å². The quantitative estimate of drug-likeness (QED) is 0.609. The third-order valence-corrected chi connectivity index (χ3v) is 5.92. The number of ketones is 1. The van der Waals surface area contributed by atoms with Crippen LogP contribution in [-0.2, 0) is 11.3 Å². The van der Waals surface area contributed by atoms with Crippen molar-refractivity contribution in [2.75, 3.05) is 5.73 Å². The van der Waals surface area contributed by atoms with Gasteiger partial charge in [0.05, 0.1) is 5.56 Å². The molecule has 1 amide bonds. The third-order valence-electron chi connectivity index (χ3n) is 5.92. The Bertz CT molecular complexity index is 1090. The first-order valence-corrected chi connectivity index (χ1v) is 8.99. The van der Waals surface area contributed by atoms with Crippen LogP contribution in [0.3, 0.4) is 0 Å². The number of nitrogen functional groups attached to an aromatic ring is 1. The monoisotopic (exact) mass is 378 g/mol. The molecule has 1 heterocycles. The molecule has 0 aromatic heterocycles. The second-order valence-corrected chi connectivity index (χ2v) is 7.54. The molecule has 142 valence electrons. The molecule has 5 N–H and O–H groups in total. The largest absolute Gasteiger partial charge is 0.465 e. The summed E-state index contributed by atoms with van der Waals surface area (Å²) in [7, 11) is 0. The fraction of sp³-hybridized carbons (Fsp3) is 0.238. The first-order chi connectivity index (χ1) is 13.3. The number of hydrogen-bond acceptors (Lipinski definition) is 5. The number of nitrogens with two attached hydrogens (primary N) is 1. The highest BCUT2D eigenvalue weighted by molar-refractivity contribution is 6.14. The molecule has 0 saturated heterocycles. The fourth-order valence-corrected chi connectivity index (χ4v) is 4.40. The molecule has 1 fully saturated rings. The molecular formula is C21H18N2O5. The van der Waals surface area contributed by atoms with Gasteiger partial charge in [0.15, 0.2) is 0 Å². The summed E-state index contributed by atoms with van der Waals surface area (Å²) in [6.07, 6.45) is 0.702. The second kappa shape index (κ2) is 5.14. The zero-order valence-electron chi connectivity index (χ0n) is 14.9. The summed E-state index contributed by atoms with van der Waals surface area (Å²) in [5.41, 5.74) is 6.37. The summed E-state index contributed by atoms with van der Waals surface area (Å²) >= 11 is 0. The summed E-state index contributed by atoms with van der Waals surface area (Å²) in [4.78, 5) is 25.0. The Hall–Kier alpha value is -3.32. The molecule has 2 aromatic carbocycles. The standard InChI is InChI=1S/C21H18N2O5/c1-10(11-5-6-11)12-7-8-13-16(9-12)28-21(27)14-3-2-4-15(22)17(14)18(24)20(13,21)23-19(25)26/h2-4,7-9,11,23,27H,1,5-6,22H2,(H,25,26). The Morgan fingerprint density at radius 3 is 2.68 bits per heavy atom. The lowest BCUT2D eigenvalue weighted by atomic mass is 9.82. The van der Waals surface area contributed by atoms with Crippen molar-refractivity contribution >= 4 is 23.1 Å². The van der Waals surface area contributed by atoms with Crippen LogP contribution in [0.25, 0.3) is 5.57 Å². The average Bonchev–Trinajstić information content (AvgIpc) is 3.43. The van der Waals surface area contributed by atoms with Crippen LogP contribution in [0.2, 0.25) is 0 Å². The van der Waals surface area contributed by atoms with Gasteiger partial charge in [0.1, 0.15) is 5.75 Å². The molecule has 1 aliphatic heterocycles. The van der Waals surface area contributed by atoms with Crippen molar-refractivity contribution in [2.24, 2.45) is 5.92 Å². The molecule has 3 aliphatic rings. The number of allylic oxidation sites excluding steroid dienone is 1. The van der Waals surface area contributed by atoms with Gasteiger partial charge in [-0.15, -0.1) is 0 Å². The van der Waals surface area contributed by atoms with Gasteiger partial charge in [0.2, 0.25) is 11.3 Å². The SMILES string of the molecule is C=C(c1ccc2c(c1)OC1(O)c3cccc(N)c3C(=O)C21NC(=O)O)C1CC1. The van der Waals surface area contributed by atoms with E-state index >= 15 is 0 Å². The molecule has 0 spiro atoms. The van der Waals surface area contributed by atoms with Crippen LogP contribution in [0.4, 0.5) is 10.5 Å². The van der Waals surface area contributed by atoms with E-state index in [1.807, 2.05) is 0 Å². The zero-order chi connectivity index (χ0) is 19.8. The van der Waals surface area contributed by atoms with Crippen LogP contribution >= 0.6 is 0 Å². The smallest absolute Gasteiger partial charge is 0.405 e. The molecule has 28 heavy (non-hydrogen) atoms. The van der Waals surface area contributed by atoms with E-state index in [9.17, 15) is 19.8 Å². The van der Waals surface area contributed by atoms with Crippen molar-refractivity contribution in [3.05, 3.63) is 65.2 Å². The van der Waals surface area contributed by atoms with E-state index in [0.717, 1.165) is 24.0 Å². The summed E-state index contributed by atoms with van der Waals surface area (Å²) in [5.74, 6) is -2.19. The van der Waals surface area contributed by atoms with Crippen LogP contribution < -0.4 is 15.8 Å². The Morgan fingerprint density at radius 1 is 1.25 bits per heavy atom. The lowest BCUT2D eigenvalue weighted by Gasteiger charge is -2.33. The van der Waals surface area contributed by atoms with Gasteiger partial charge >= 0.3 is 6.09 Å². The van der Waals surface area contributed by atoms with E-state index in [1.54, 1.807) is 24.3 Å². The van der Waals surface area contributed by atoms with Gasteiger partial charge in [-0.2, -0.15) is 0 Å². The predicted molar refractivity (Wildman–Crippen MR) is 101 cm³/mol. The lowest BCUT2D eigenvalue weighted by Crippen LogP contribution is -2.59. The number of ether oxygens (including phenoxy) is 1. The predicted octanol–water partition coefficient (Wildman–Crippen LogP) is 2.59. The molecule has 2 atom stereocenters. The molecule has 2 aliphatic carbocycles. The molecule has 0 radical (unpaired) electrons. The number of carboxylic acid groups (broad SMARTS) is 1. The van der Waals surface area contributed by atoms with Crippen molar-refractivity contribution in [3.63, 3.8) is 0 Å². The topological polar surface area (TPSA) is 122 Å². The van der Waals surface area contributed by atoms with Gasteiger partial charge in [-0.05, 0) is 42.0 Å². The molecule has 7 heteroatoms. The first-order valence-electron chi connectivity index (χ1n) is 8.99. The highest BCUT2D eigenvalue weighted by atomic mass is 16.6. The van der Waals surface area contributed by atoms with E-state index in [2.05, 4.69) is 11.9 Å². The van der Waals surface area contributed by atoms with Crippen LogP contribution in [-0.4, -0.2) is 22.1 Å². The maximum Gasteiger partial charge on any atom is 0.405 e. The molecule has 2 unspecified atom stereocenters. The average molecular weight is 378 g/mol. The Balaban J connectivity index is 1.74. The van der Waals surface area contributed by atoms with E-state index in [-0.39, 0.29) is 28.1 Å². The number of fused-ring (bicyclic) bond motifs is 5. The van der Waals surface area contributed by atoms with Crippen molar-refractivity contribution in [2.45, 2.75) is 24.2 Å². The van der Waals surface area contributed by atoms with Gasteiger partial charge in [-0.25, -0.2) is 4.79 Å². The minimum Gasteiger partial charge on any atom is -0.465 e. The minimum atomic E-state index is -2.23. The lowest BCUT2D eigenvalue weighted by molar-refractivity contribution is -0.169. The van der Waals surface area contributed by atoms with Crippen molar-refractivity contribution in [1.29, 1.82) is 0 Å². The van der Waals surface area contributed by atoms with Crippen LogP contribution in [0.15, 0.2) is 43.0 Å². The number of carbonyl (C=O) groups is 2. The third kappa shape index (κ3) is 1.86. The van der Waals surface area contributed by atoms with E-state index in [1.165, 1.54) is 12.1 Å². The zero-order valence-corrected chi connectivity index (χ0v) is 14.9. The van der Waals surface area contributed by atoms with E-state index in [0.29, 0.717) is 5.92 Å². The number of hydrogen-bond donors (Lipinski definition) is 4. The highest BCUT2D eigenvalue weighted by Crippen LogP contribution is 2.59. The van der Waals surface area contributed by atoms with Gasteiger partial charge in [0, 0.05) is 16.8 Å². The summed E-state index contributed by atoms with van der Waals surface area (Å²) in [6, 6.07) is 9.73. The molecule has 2 aromatic rings. The normalized spacial score (nSPS) is 26.8. The number of benzene rings is 2. The Kier molecular flexibility index (Phi) is 3.09. The van der Waals surface area contributed by atoms with E-state index < -0.39 is 23.2 Å². The molecule has 0 bridgehead atoms. The fourth-order valence-electron chi connectivity index (χ4n) is 4.40. The summed E-state index contributed by atoms with van der Waals surface area (Å²) < 4.78 is 5.88. The van der Waals surface area contributed by atoms with Gasteiger partial charge in [-0.3, -0.25) is 10.1 Å². The van der Waals surface area contributed by atoms with Crippen molar-refractivity contribution in [3.8, 4) is 5.75 Å². The number of anilines is 1. The molecular weight excluding hydrogens is 360 g/mol. The highest BCUT2D eigenvalue weighted by Gasteiger charge is 2.72. The number of Topliss-reactive ketones (excluding diaryl/α,β-unsaturated/α-hetero) is 1. The van der Waals surface area contributed by atoms with Crippen LogP contribution in [0, 0.1) is 5.92 Å². The summed E-state index contributed by atoms with van der Waals surface area (Å²) in [6.45, 7) is 4.12. The minimum absolute atomic E-state index is 0.0656. The number of amides is 1. The number of aliphatic hydroxyl groups is 1. The summed E-state index contributed by atoms with van der Waals surface area (Å²) in [5, 5.41) is 23.2.